The molecule has 2 atom stereocenters. The van der Waals surface area contributed by atoms with Crippen molar-refractivity contribution in [2.75, 3.05) is 13.1 Å². The van der Waals surface area contributed by atoms with Crippen LogP contribution in [0.5, 0.6) is 0 Å². The maximum atomic E-state index is 12.2. The number of amides is 2. The Balaban J connectivity index is 2.12. The van der Waals surface area contributed by atoms with Gasteiger partial charge in [-0.15, -0.1) is 0 Å². The summed E-state index contributed by atoms with van der Waals surface area (Å²) in [6, 6.07) is 0. The Morgan fingerprint density at radius 3 is 2.12 bits per heavy atom. The molecule has 0 aromatic rings. The Morgan fingerprint density at radius 1 is 1.24 bits per heavy atom. The van der Waals surface area contributed by atoms with Crippen LogP contribution >= 0.6 is 0 Å². The lowest BCUT2D eigenvalue weighted by Gasteiger charge is -2.28. The number of rotatable bonds is 3. The van der Waals surface area contributed by atoms with Crippen LogP contribution in [0.2, 0.25) is 0 Å². The Kier molecular flexibility index (Phi) is 3.02. The van der Waals surface area contributed by atoms with Crippen LogP contribution in [0.25, 0.3) is 0 Å². The van der Waals surface area contributed by atoms with Gasteiger partial charge in [0.15, 0.2) is 0 Å². The van der Waals surface area contributed by atoms with Gasteiger partial charge in [0.05, 0.1) is 11.8 Å². The first-order chi connectivity index (χ1) is 7.85. The van der Waals surface area contributed by atoms with Crippen molar-refractivity contribution in [3.63, 3.8) is 0 Å². The molecule has 0 aromatic carbocycles. The van der Waals surface area contributed by atoms with Crippen molar-refractivity contribution in [2.24, 2.45) is 28.9 Å². The first kappa shape index (κ1) is 12.6. The highest BCUT2D eigenvalue weighted by Gasteiger charge is 2.52. The lowest BCUT2D eigenvalue weighted by atomic mass is 9.93. The van der Waals surface area contributed by atoms with Crippen molar-refractivity contribution in [2.45, 2.75) is 33.6 Å². The smallest absolute Gasteiger partial charge is 0.233 e. The highest BCUT2D eigenvalue weighted by Crippen LogP contribution is 2.43. The standard InChI is InChI=1S/C13H22N2O2/c1-8-4-9-10(5-8)12(17)15(11(9)16)7-13(2,3)6-14/h8-10H,4-7,14H2,1-3H3. The van der Waals surface area contributed by atoms with E-state index in [2.05, 4.69) is 6.92 Å². The molecule has 0 bridgehead atoms. The van der Waals surface area contributed by atoms with Crippen molar-refractivity contribution in [1.29, 1.82) is 0 Å². The topological polar surface area (TPSA) is 63.4 Å². The van der Waals surface area contributed by atoms with E-state index in [9.17, 15) is 9.59 Å². The monoisotopic (exact) mass is 238 g/mol. The third kappa shape index (κ3) is 2.10. The van der Waals surface area contributed by atoms with Gasteiger partial charge in [0.2, 0.25) is 11.8 Å². The molecule has 2 aliphatic rings. The summed E-state index contributed by atoms with van der Waals surface area (Å²) in [4.78, 5) is 25.9. The average Bonchev–Trinajstić information content (AvgIpc) is 2.73. The molecule has 2 amide bonds. The van der Waals surface area contributed by atoms with E-state index in [0.29, 0.717) is 19.0 Å². The van der Waals surface area contributed by atoms with E-state index < -0.39 is 0 Å². The normalized spacial score (nSPS) is 33.4. The van der Waals surface area contributed by atoms with E-state index in [1.807, 2.05) is 13.8 Å². The second-order valence-corrected chi connectivity index (χ2v) is 6.42. The van der Waals surface area contributed by atoms with Crippen LogP contribution in [0.4, 0.5) is 0 Å². The van der Waals surface area contributed by atoms with Gasteiger partial charge in [-0.3, -0.25) is 14.5 Å². The lowest BCUT2D eigenvalue weighted by molar-refractivity contribution is -0.142. The molecule has 4 nitrogen and oxygen atoms in total. The zero-order chi connectivity index (χ0) is 12.8. The van der Waals surface area contributed by atoms with Gasteiger partial charge in [-0.1, -0.05) is 20.8 Å². The average molecular weight is 238 g/mol. The molecule has 1 aliphatic heterocycles. The number of fused-ring (bicyclic) bond motifs is 1. The van der Waals surface area contributed by atoms with E-state index in [1.165, 1.54) is 4.90 Å². The Hall–Kier alpha value is -0.900. The molecule has 0 aromatic heterocycles. The molecule has 2 N–H and O–H groups in total. The largest absolute Gasteiger partial charge is 0.330 e. The van der Waals surface area contributed by atoms with Crippen LogP contribution < -0.4 is 5.73 Å². The molecule has 2 rings (SSSR count). The lowest BCUT2D eigenvalue weighted by Crippen LogP contribution is -2.42. The van der Waals surface area contributed by atoms with Gasteiger partial charge in [-0.05, 0) is 30.7 Å². The van der Waals surface area contributed by atoms with E-state index >= 15 is 0 Å². The Bertz CT molecular complexity index is 327. The molecule has 2 fully saturated rings. The van der Waals surface area contributed by atoms with Crippen LogP contribution in [0, 0.1) is 23.2 Å². The second kappa shape index (κ2) is 4.09. The fraction of sp³-hybridized carbons (Fsp3) is 0.846. The molecule has 1 saturated heterocycles. The van der Waals surface area contributed by atoms with Gasteiger partial charge < -0.3 is 5.73 Å². The number of hydrogen-bond acceptors (Lipinski definition) is 3. The maximum absolute atomic E-state index is 12.2. The van der Waals surface area contributed by atoms with Gasteiger partial charge in [-0.25, -0.2) is 0 Å². The molecule has 4 heteroatoms. The first-order valence-corrected chi connectivity index (χ1v) is 6.41. The van der Waals surface area contributed by atoms with Gasteiger partial charge >= 0.3 is 0 Å². The van der Waals surface area contributed by atoms with Crippen LogP contribution in [-0.4, -0.2) is 29.8 Å². The van der Waals surface area contributed by atoms with Gasteiger partial charge in [0.1, 0.15) is 0 Å². The van der Waals surface area contributed by atoms with Crippen molar-refractivity contribution in [1.82, 2.24) is 4.90 Å². The van der Waals surface area contributed by atoms with Crippen molar-refractivity contribution in [3.05, 3.63) is 0 Å². The summed E-state index contributed by atoms with van der Waals surface area (Å²) in [5.41, 5.74) is 5.48. The van der Waals surface area contributed by atoms with Crippen LogP contribution in [0.1, 0.15) is 33.6 Å². The minimum absolute atomic E-state index is 0.0332. The number of likely N-dealkylation sites (tertiary alicyclic amines) is 1. The Morgan fingerprint density at radius 2 is 1.71 bits per heavy atom. The van der Waals surface area contributed by atoms with Crippen LogP contribution in [0.3, 0.4) is 0 Å². The SMILES string of the molecule is CC1CC2C(=O)N(CC(C)(C)CN)C(=O)C2C1. The zero-order valence-corrected chi connectivity index (χ0v) is 10.9. The summed E-state index contributed by atoms with van der Waals surface area (Å²) in [7, 11) is 0. The third-order valence-corrected chi connectivity index (χ3v) is 4.10. The highest BCUT2D eigenvalue weighted by molar-refractivity contribution is 6.05. The summed E-state index contributed by atoms with van der Waals surface area (Å²) in [6.45, 7) is 7.04. The number of imide groups is 1. The van der Waals surface area contributed by atoms with Crippen molar-refractivity contribution >= 4 is 11.8 Å². The van der Waals surface area contributed by atoms with Gasteiger partial charge in [0.25, 0.3) is 0 Å². The van der Waals surface area contributed by atoms with Crippen molar-refractivity contribution in [3.8, 4) is 0 Å². The first-order valence-electron chi connectivity index (χ1n) is 6.41. The molecule has 1 heterocycles. The van der Waals surface area contributed by atoms with Crippen LogP contribution in [0.15, 0.2) is 0 Å². The fourth-order valence-electron chi connectivity index (χ4n) is 2.99. The molecule has 1 aliphatic carbocycles. The second-order valence-electron chi connectivity index (χ2n) is 6.42. The van der Waals surface area contributed by atoms with Crippen LogP contribution in [-0.2, 0) is 9.59 Å². The zero-order valence-electron chi connectivity index (χ0n) is 10.9. The molecule has 17 heavy (non-hydrogen) atoms. The number of nitrogens with zero attached hydrogens (tertiary/aromatic N) is 1. The molecule has 0 spiro atoms. The van der Waals surface area contributed by atoms with E-state index in [0.717, 1.165) is 12.8 Å². The highest BCUT2D eigenvalue weighted by atomic mass is 16.2. The maximum Gasteiger partial charge on any atom is 0.233 e. The molecule has 96 valence electrons. The molecular formula is C13H22N2O2. The summed E-state index contributed by atoms with van der Waals surface area (Å²) in [5, 5.41) is 0. The summed E-state index contributed by atoms with van der Waals surface area (Å²) >= 11 is 0. The van der Waals surface area contributed by atoms with E-state index in [-0.39, 0.29) is 29.1 Å². The van der Waals surface area contributed by atoms with Crippen molar-refractivity contribution < 1.29 is 9.59 Å². The van der Waals surface area contributed by atoms with Gasteiger partial charge in [0, 0.05) is 6.54 Å². The fourth-order valence-corrected chi connectivity index (χ4v) is 2.99. The molecular weight excluding hydrogens is 216 g/mol. The summed E-state index contributed by atoms with van der Waals surface area (Å²) in [6.07, 6.45) is 1.74. The quantitative estimate of drug-likeness (QED) is 0.746. The minimum atomic E-state index is -0.185. The van der Waals surface area contributed by atoms with Gasteiger partial charge in [-0.2, -0.15) is 0 Å². The Labute approximate surface area is 103 Å². The summed E-state index contributed by atoms with van der Waals surface area (Å²) < 4.78 is 0. The van der Waals surface area contributed by atoms with E-state index in [4.69, 9.17) is 5.73 Å². The number of hydrogen-bond donors (Lipinski definition) is 1. The van der Waals surface area contributed by atoms with E-state index in [1.54, 1.807) is 0 Å². The molecule has 2 unspecified atom stereocenters. The number of nitrogens with two attached hydrogens (primary N) is 1. The predicted octanol–water partition coefficient (Wildman–Crippen LogP) is 1.00. The summed E-state index contributed by atoms with van der Waals surface area (Å²) in [5.74, 6) is 0.469. The molecule has 1 saturated carbocycles. The predicted molar refractivity (Wildman–Crippen MR) is 64.9 cm³/mol. The molecule has 0 radical (unpaired) electrons. The number of carbonyl (C=O) groups is 2. The minimum Gasteiger partial charge on any atom is -0.330 e. The number of carbonyl (C=O) groups excluding carboxylic acids is 2. The third-order valence-electron chi connectivity index (χ3n) is 4.10.